The summed E-state index contributed by atoms with van der Waals surface area (Å²) in [6.07, 6.45) is 4.76. The SMILES string of the molecule is CC(C)(S)CC(=O)CN=C1CCCCc2cc(OCCCC(=O)ON3C(=O)CCC3=O)ccc21. The zero-order valence-electron chi connectivity index (χ0n) is 19.8. The van der Waals surface area contributed by atoms with Crippen LogP contribution < -0.4 is 4.74 Å². The van der Waals surface area contributed by atoms with E-state index in [0.29, 0.717) is 30.3 Å². The molecule has 1 aromatic carbocycles. The standard InChI is InChI=1S/C25H32N2O6S/c1-25(2,34)15-18(28)16-26-21-7-4-3-6-17-14-19(9-10-20(17)21)32-13-5-8-24(31)33-27-22(29)11-12-23(27)30/h9-10,14,34H,3-8,11-13,15-16H2,1-2H3. The third-order valence-corrected chi connectivity index (χ3v) is 5.72. The summed E-state index contributed by atoms with van der Waals surface area (Å²) in [4.78, 5) is 56.6. The molecule has 2 aliphatic rings. The molecule has 8 nitrogen and oxygen atoms in total. The van der Waals surface area contributed by atoms with Crippen LogP contribution in [0.1, 0.15) is 76.3 Å². The molecule has 0 spiro atoms. The molecule has 1 saturated heterocycles. The molecule has 1 aliphatic heterocycles. The topological polar surface area (TPSA) is 102 Å². The molecular formula is C25H32N2O6S. The minimum atomic E-state index is -0.633. The fourth-order valence-corrected chi connectivity index (χ4v) is 4.17. The van der Waals surface area contributed by atoms with Gasteiger partial charge in [0.25, 0.3) is 11.8 Å². The van der Waals surface area contributed by atoms with Crippen molar-refractivity contribution in [1.29, 1.82) is 0 Å². The average molecular weight is 489 g/mol. The first-order valence-corrected chi connectivity index (χ1v) is 12.2. The second kappa shape index (κ2) is 11.6. The number of aliphatic imine (C=N–C) groups is 1. The first-order valence-electron chi connectivity index (χ1n) is 11.7. The smallest absolute Gasteiger partial charge is 0.333 e. The van der Waals surface area contributed by atoms with E-state index >= 15 is 0 Å². The Balaban J connectivity index is 1.52. The number of aryl methyl sites for hydroxylation is 1. The number of hydroxylamine groups is 2. The highest BCUT2D eigenvalue weighted by Crippen LogP contribution is 2.26. The third-order valence-electron chi connectivity index (χ3n) is 5.57. The molecule has 1 aliphatic carbocycles. The van der Waals surface area contributed by atoms with Crippen LogP contribution in [-0.2, 0) is 30.4 Å². The lowest BCUT2D eigenvalue weighted by Crippen LogP contribution is -2.32. The van der Waals surface area contributed by atoms with Crippen LogP contribution in [0.2, 0.25) is 0 Å². The highest BCUT2D eigenvalue weighted by Gasteiger charge is 2.32. The van der Waals surface area contributed by atoms with Crippen LogP contribution in [-0.4, -0.2) is 52.2 Å². The van der Waals surface area contributed by atoms with Gasteiger partial charge in [-0.3, -0.25) is 19.4 Å². The molecule has 0 unspecified atom stereocenters. The first kappa shape index (κ1) is 25.9. The number of hydrogen-bond acceptors (Lipinski definition) is 8. The monoisotopic (exact) mass is 488 g/mol. The molecular weight excluding hydrogens is 456 g/mol. The number of amides is 2. The number of fused-ring (bicyclic) bond motifs is 1. The van der Waals surface area contributed by atoms with Gasteiger partial charge in [0, 0.05) is 29.7 Å². The maximum atomic E-state index is 12.2. The molecule has 0 N–H and O–H groups in total. The Morgan fingerprint density at radius 1 is 1.09 bits per heavy atom. The molecule has 1 aromatic rings. The van der Waals surface area contributed by atoms with Crippen molar-refractivity contribution < 1.29 is 28.8 Å². The largest absolute Gasteiger partial charge is 0.494 e. The summed E-state index contributed by atoms with van der Waals surface area (Å²) < 4.78 is 5.46. The summed E-state index contributed by atoms with van der Waals surface area (Å²) in [5.41, 5.74) is 3.16. The maximum Gasteiger partial charge on any atom is 0.333 e. The average Bonchev–Trinajstić information content (AvgIpc) is 2.96. The normalized spacial score (nSPS) is 17.5. The number of thiol groups is 1. The lowest BCUT2D eigenvalue weighted by Gasteiger charge is -2.15. The van der Waals surface area contributed by atoms with Crippen LogP contribution in [0, 0.1) is 0 Å². The lowest BCUT2D eigenvalue weighted by molar-refractivity contribution is -0.197. The van der Waals surface area contributed by atoms with E-state index in [-0.39, 0.29) is 36.3 Å². The lowest BCUT2D eigenvalue weighted by atomic mass is 10.0. The number of ketones is 1. The van der Waals surface area contributed by atoms with Crippen molar-refractivity contribution in [2.45, 2.75) is 76.4 Å². The number of benzene rings is 1. The van der Waals surface area contributed by atoms with E-state index in [1.807, 2.05) is 32.0 Å². The van der Waals surface area contributed by atoms with Crippen molar-refractivity contribution in [3.05, 3.63) is 29.3 Å². The van der Waals surface area contributed by atoms with Gasteiger partial charge in [-0.15, -0.1) is 5.06 Å². The molecule has 1 heterocycles. The number of rotatable bonds is 10. The number of hydrogen-bond donors (Lipinski definition) is 1. The van der Waals surface area contributed by atoms with Gasteiger partial charge in [0.1, 0.15) is 5.75 Å². The molecule has 0 saturated carbocycles. The van der Waals surface area contributed by atoms with E-state index < -0.39 is 17.8 Å². The summed E-state index contributed by atoms with van der Waals surface area (Å²) in [6, 6.07) is 5.85. The fraction of sp³-hybridized carbons (Fsp3) is 0.560. The van der Waals surface area contributed by atoms with Gasteiger partial charge in [0.05, 0.1) is 19.6 Å². The van der Waals surface area contributed by atoms with Crippen LogP contribution >= 0.6 is 12.6 Å². The van der Waals surface area contributed by atoms with Crippen molar-refractivity contribution >= 4 is 41.9 Å². The molecule has 0 radical (unpaired) electrons. The molecule has 0 aromatic heterocycles. The molecule has 0 atom stereocenters. The van der Waals surface area contributed by atoms with Crippen LogP contribution in [0.25, 0.3) is 0 Å². The molecule has 0 bridgehead atoms. The Bertz CT molecular complexity index is 966. The molecule has 34 heavy (non-hydrogen) atoms. The Labute approximate surface area is 205 Å². The molecule has 9 heteroatoms. The van der Waals surface area contributed by atoms with Crippen LogP contribution in [0.15, 0.2) is 23.2 Å². The van der Waals surface area contributed by atoms with Gasteiger partial charge >= 0.3 is 5.97 Å². The maximum absolute atomic E-state index is 12.2. The van der Waals surface area contributed by atoms with Crippen molar-refractivity contribution in [3.8, 4) is 5.75 Å². The summed E-state index contributed by atoms with van der Waals surface area (Å²) in [5.74, 6) is -0.831. The van der Waals surface area contributed by atoms with Gasteiger partial charge in [-0.2, -0.15) is 12.6 Å². The Morgan fingerprint density at radius 3 is 2.50 bits per heavy atom. The van der Waals surface area contributed by atoms with Gasteiger partial charge in [-0.25, -0.2) is 4.79 Å². The van der Waals surface area contributed by atoms with Gasteiger partial charge in [0.15, 0.2) is 5.78 Å². The molecule has 1 fully saturated rings. The number of Topliss-reactive ketones (excluding diaryl/α,β-unsaturated/α-hetero) is 1. The third kappa shape index (κ3) is 7.68. The highest BCUT2D eigenvalue weighted by molar-refractivity contribution is 7.81. The van der Waals surface area contributed by atoms with Crippen molar-refractivity contribution in [2.75, 3.05) is 13.2 Å². The zero-order valence-corrected chi connectivity index (χ0v) is 20.7. The number of carbonyl (C=O) groups is 4. The van der Waals surface area contributed by atoms with Gasteiger partial charge in [-0.1, -0.05) is 13.8 Å². The predicted molar refractivity (Wildman–Crippen MR) is 130 cm³/mol. The Hall–Kier alpha value is -2.68. The number of carbonyl (C=O) groups excluding carboxylic acids is 4. The van der Waals surface area contributed by atoms with E-state index in [0.717, 1.165) is 42.5 Å². The van der Waals surface area contributed by atoms with Crippen LogP contribution in [0.3, 0.4) is 0 Å². The van der Waals surface area contributed by atoms with Crippen molar-refractivity contribution in [2.24, 2.45) is 4.99 Å². The predicted octanol–water partition coefficient (Wildman–Crippen LogP) is 3.64. The van der Waals surface area contributed by atoms with Crippen molar-refractivity contribution in [3.63, 3.8) is 0 Å². The summed E-state index contributed by atoms with van der Waals surface area (Å²) in [6.45, 7) is 4.30. The summed E-state index contributed by atoms with van der Waals surface area (Å²) >= 11 is 4.43. The van der Waals surface area contributed by atoms with E-state index in [2.05, 4.69) is 17.6 Å². The van der Waals surface area contributed by atoms with E-state index in [4.69, 9.17) is 9.57 Å². The second-order valence-electron chi connectivity index (χ2n) is 9.31. The zero-order chi connectivity index (χ0) is 24.7. The fourth-order valence-electron chi connectivity index (χ4n) is 3.99. The summed E-state index contributed by atoms with van der Waals surface area (Å²) in [5, 5.41) is 0.557. The van der Waals surface area contributed by atoms with Crippen LogP contribution in [0.5, 0.6) is 5.75 Å². The molecule has 3 rings (SSSR count). The van der Waals surface area contributed by atoms with Gasteiger partial charge < -0.3 is 9.57 Å². The Kier molecular flexibility index (Phi) is 8.88. The first-order chi connectivity index (χ1) is 16.1. The van der Waals surface area contributed by atoms with Crippen molar-refractivity contribution in [1.82, 2.24) is 5.06 Å². The Morgan fingerprint density at radius 2 is 1.79 bits per heavy atom. The van der Waals surface area contributed by atoms with Gasteiger partial charge in [0.2, 0.25) is 0 Å². The minimum absolute atomic E-state index is 0.0376. The van der Waals surface area contributed by atoms with E-state index in [1.54, 1.807) is 0 Å². The highest BCUT2D eigenvalue weighted by atomic mass is 32.1. The van der Waals surface area contributed by atoms with Crippen LogP contribution in [0.4, 0.5) is 0 Å². The number of nitrogens with zero attached hydrogens (tertiary/aromatic N) is 2. The molecule has 184 valence electrons. The summed E-state index contributed by atoms with van der Waals surface area (Å²) in [7, 11) is 0. The minimum Gasteiger partial charge on any atom is -0.494 e. The van der Waals surface area contributed by atoms with E-state index in [9.17, 15) is 19.2 Å². The molecule has 2 amide bonds. The quantitative estimate of drug-likeness (QED) is 0.234. The number of ether oxygens (including phenoxy) is 1. The van der Waals surface area contributed by atoms with Gasteiger partial charge in [-0.05, 0) is 61.4 Å². The second-order valence-corrected chi connectivity index (χ2v) is 10.5. The number of imide groups is 1. The van der Waals surface area contributed by atoms with E-state index in [1.165, 1.54) is 0 Å².